The van der Waals surface area contributed by atoms with Crippen molar-refractivity contribution < 1.29 is 4.39 Å². The van der Waals surface area contributed by atoms with Gasteiger partial charge in [-0.15, -0.1) is 0 Å². The Bertz CT molecular complexity index is 707. The number of hydrogen-bond donors (Lipinski definition) is 1. The molecule has 0 amide bonds. The number of rotatable bonds is 2. The summed E-state index contributed by atoms with van der Waals surface area (Å²) < 4.78 is 13.0. The highest BCUT2D eigenvalue weighted by Crippen LogP contribution is 2.30. The van der Waals surface area contributed by atoms with Crippen LogP contribution in [0.3, 0.4) is 0 Å². The van der Waals surface area contributed by atoms with Crippen LogP contribution in [0.15, 0.2) is 48.8 Å². The highest BCUT2D eigenvalue weighted by Gasteiger charge is 2.10. The van der Waals surface area contributed by atoms with E-state index in [9.17, 15) is 4.39 Å². The molecule has 0 radical (unpaired) electrons. The van der Waals surface area contributed by atoms with Gasteiger partial charge in [0.1, 0.15) is 11.0 Å². The van der Waals surface area contributed by atoms with Gasteiger partial charge in [-0.2, -0.15) is 5.10 Å². The lowest BCUT2D eigenvalue weighted by Crippen LogP contribution is -1.84. The number of nitrogens with zero attached hydrogens (tertiary/aromatic N) is 2. The predicted octanol–water partition coefficient (Wildman–Crippen LogP) is 3.93. The second-order valence-electron chi connectivity index (χ2n) is 4.03. The molecular formula is C14H9ClFN3. The zero-order valence-corrected chi connectivity index (χ0v) is 10.5. The smallest absolute Gasteiger partial charge is 0.129 e. The van der Waals surface area contributed by atoms with Gasteiger partial charge in [0, 0.05) is 17.3 Å². The minimum atomic E-state index is -0.267. The minimum Gasteiger partial charge on any atom is -0.277 e. The van der Waals surface area contributed by atoms with Crippen molar-refractivity contribution >= 4 is 11.6 Å². The van der Waals surface area contributed by atoms with Crippen LogP contribution < -0.4 is 0 Å². The van der Waals surface area contributed by atoms with Crippen LogP contribution in [0.2, 0.25) is 5.15 Å². The molecule has 19 heavy (non-hydrogen) atoms. The largest absolute Gasteiger partial charge is 0.277 e. The molecule has 0 atom stereocenters. The molecule has 5 heteroatoms. The molecule has 0 aliphatic carbocycles. The van der Waals surface area contributed by atoms with Gasteiger partial charge in [-0.3, -0.25) is 5.10 Å². The Morgan fingerprint density at radius 1 is 1.05 bits per heavy atom. The van der Waals surface area contributed by atoms with Crippen LogP contribution >= 0.6 is 11.6 Å². The van der Waals surface area contributed by atoms with Crippen LogP contribution in [0.4, 0.5) is 4.39 Å². The fourth-order valence-corrected chi connectivity index (χ4v) is 2.09. The molecule has 0 aliphatic heterocycles. The van der Waals surface area contributed by atoms with E-state index in [-0.39, 0.29) is 5.82 Å². The normalized spacial score (nSPS) is 10.6. The SMILES string of the molecule is Fc1ccc(-c2[nH]ncc2-c2ccnc(Cl)c2)cc1. The lowest BCUT2D eigenvalue weighted by molar-refractivity contribution is 0.628. The molecule has 0 aliphatic rings. The highest BCUT2D eigenvalue weighted by atomic mass is 35.5. The number of halogens is 2. The first-order valence-electron chi connectivity index (χ1n) is 5.65. The molecule has 0 fully saturated rings. The molecule has 2 heterocycles. The third kappa shape index (κ3) is 2.35. The fourth-order valence-electron chi connectivity index (χ4n) is 1.91. The van der Waals surface area contributed by atoms with Crippen molar-refractivity contribution in [3.05, 3.63) is 59.8 Å². The van der Waals surface area contributed by atoms with E-state index in [4.69, 9.17) is 11.6 Å². The number of aromatic nitrogens is 3. The quantitative estimate of drug-likeness (QED) is 0.719. The number of H-pyrrole nitrogens is 1. The summed E-state index contributed by atoms with van der Waals surface area (Å²) in [6, 6.07) is 9.85. The Morgan fingerprint density at radius 3 is 2.58 bits per heavy atom. The van der Waals surface area contributed by atoms with Crippen LogP contribution in [-0.4, -0.2) is 15.2 Å². The minimum absolute atomic E-state index is 0.267. The van der Waals surface area contributed by atoms with Gasteiger partial charge in [-0.1, -0.05) is 11.6 Å². The van der Waals surface area contributed by atoms with E-state index in [1.54, 1.807) is 30.6 Å². The van der Waals surface area contributed by atoms with E-state index in [0.29, 0.717) is 5.15 Å². The Morgan fingerprint density at radius 2 is 1.84 bits per heavy atom. The molecule has 1 N–H and O–H groups in total. The number of benzene rings is 1. The molecule has 0 saturated heterocycles. The van der Waals surface area contributed by atoms with Crippen LogP contribution in [-0.2, 0) is 0 Å². The second-order valence-corrected chi connectivity index (χ2v) is 4.42. The second kappa shape index (κ2) is 4.82. The summed E-state index contributed by atoms with van der Waals surface area (Å²) in [4.78, 5) is 3.95. The summed E-state index contributed by atoms with van der Waals surface area (Å²) in [5.41, 5.74) is 3.49. The summed E-state index contributed by atoms with van der Waals surface area (Å²) in [6.45, 7) is 0. The first-order valence-corrected chi connectivity index (χ1v) is 6.03. The first kappa shape index (κ1) is 11.9. The molecule has 1 aromatic carbocycles. The summed E-state index contributed by atoms with van der Waals surface area (Å²) in [6.07, 6.45) is 3.35. The Hall–Kier alpha value is -2.20. The van der Waals surface area contributed by atoms with Gasteiger partial charge in [0.25, 0.3) is 0 Å². The third-order valence-electron chi connectivity index (χ3n) is 2.81. The number of hydrogen-bond acceptors (Lipinski definition) is 2. The summed E-state index contributed by atoms with van der Waals surface area (Å²) in [7, 11) is 0. The Labute approximate surface area is 114 Å². The van der Waals surface area contributed by atoms with Crippen molar-refractivity contribution in [3.63, 3.8) is 0 Å². The van der Waals surface area contributed by atoms with Crippen LogP contribution in [0, 0.1) is 5.82 Å². The zero-order chi connectivity index (χ0) is 13.2. The first-order chi connectivity index (χ1) is 9.24. The fraction of sp³-hybridized carbons (Fsp3) is 0. The van der Waals surface area contributed by atoms with Gasteiger partial charge in [0.2, 0.25) is 0 Å². The van der Waals surface area contributed by atoms with Gasteiger partial charge in [-0.25, -0.2) is 9.37 Å². The molecule has 0 bridgehead atoms. The third-order valence-corrected chi connectivity index (χ3v) is 3.02. The maximum absolute atomic E-state index is 13.0. The van der Waals surface area contributed by atoms with Crippen molar-refractivity contribution in [1.82, 2.24) is 15.2 Å². The standard InChI is InChI=1S/C14H9ClFN3/c15-13-7-10(5-6-17-13)12-8-18-19-14(12)9-1-3-11(16)4-2-9/h1-8H,(H,18,19). The van der Waals surface area contributed by atoms with E-state index in [1.165, 1.54) is 12.1 Å². The predicted molar refractivity (Wildman–Crippen MR) is 72.2 cm³/mol. The summed E-state index contributed by atoms with van der Waals surface area (Å²) in [5.74, 6) is -0.267. The van der Waals surface area contributed by atoms with Gasteiger partial charge in [-0.05, 0) is 42.0 Å². The average molecular weight is 274 g/mol. The van der Waals surface area contributed by atoms with E-state index < -0.39 is 0 Å². The van der Waals surface area contributed by atoms with Crippen LogP contribution in [0.1, 0.15) is 0 Å². The van der Waals surface area contributed by atoms with Gasteiger partial charge in [0.15, 0.2) is 0 Å². The van der Waals surface area contributed by atoms with Crippen molar-refractivity contribution in [3.8, 4) is 22.4 Å². The maximum atomic E-state index is 13.0. The molecule has 0 unspecified atom stereocenters. The van der Waals surface area contributed by atoms with Crippen LogP contribution in [0.5, 0.6) is 0 Å². The molecule has 2 aromatic heterocycles. The van der Waals surface area contributed by atoms with E-state index in [1.807, 2.05) is 6.07 Å². The van der Waals surface area contributed by atoms with Gasteiger partial charge < -0.3 is 0 Å². The van der Waals surface area contributed by atoms with E-state index in [2.05, 4.69) is 15.2 Å². The highest BCUT2D eigenvalue weighted by molar-refractivity contribution is 6.29. The monoisotopic (exact) mass is 273 g/mol. The number of nitrogens with one attached hydrogen (secondary N) is 1. The van der Waals surface area contributed by atoms with Crippen molar-refractivity contribution in [2.75, 3.05) is 0 Å². The lowest BCUT2D eigenvalue weighted by Gasteiger charge is -2.04. The van der Waals surface area contributed by atoms with E-state index >= 15 is 0 Å². The number of pyridine rings is 1. The van der Waals surface area contributed by atoms with Crippen molar-refractivity contribution in [1.29, 1.82) is 0 Å². The summed E-state index contributed by atoms with van der Waals surface area (Å²) >= 11 is 5.89. The summed E-state index contributed by atoms with van der Waals surface area (Å²) in [5, 5.41) is 7.39. The van der Waals surface area contributed by atoms with Crippen LogP contribution in [0.25, 0.3) is 22.4 Å². The molecule has 3 rings (SSSR count). The van der Waals surface area contributed by atoms with Crippen molar-refractivity contribution in [2.24, 2.45) is 0 Å². The lowest BCUT2D eigenvalue weighted by atomic mass is 10.0. The van der Waals surface area contributed by atoms with Crippen molar-refractivity contribution in [2.45, 2.75) is 0 Å². The van der Waals surface area contributed by atoms with Gasteiger partial charge >= 0.3 is 0 Å². The molecule has 0 saturated carbocycles. The molecule has 3 nitrogen and oxygen atoms in total. The molecule has 94 valence electrons. The van der Waals surface area contributed by atoms with E-state index in [0.717, 1.165) is 22.4 Å². The molecular weight excluding hydrogens is 265 g/mol. The topological polar surface area (TPSA) is 41.6 Å². The van der Waals surface area contributed by atoms with Gasteiger partial charge in [0.05, 0.1) is 11.9 Å². The average Bonchev–Trinajstić information content (AvgIpc) is 2.89. The number of aromatic amines is 1. The molecule has 3 aromatic rings. The zero-order valence-electron chi connectivity index (χ0n) is 9.77. The Balaban J connectivity index is 2.10. The Kier molecular flexibility index (Phi) is 3.01. The maximum Gasteiger partial charge on any atom is 0.129 e. The molecule has 0 spiro atoms.